The van der Waals surface area contributed by atoms with Gasteiger partial charge in [-0.15, -0.1) is 0 Å². The van der Waals surface area contributed by atoms with Crippen molar-refractivity contribution in [3.8, 4) is 11.1 Å². The second-order valence-electron chi connectivity index (χ2n) is 8.10. The minimum Gasteiger partial charge on any atom is -0.456 e. The summed E-state index contributed by atoms with van der Waals surface area (Å²) in [4.78, 5) is 0. The molecule has 0 radical (unpaired) electrons. The van der Waals surface area contributed by atoms with Crippen LogP contribution in [0.4, 0.5) is 0 Å². The van der Waals surface area contributed by atoms with Gasteiger partial charge in [0.2, 0.25) is 0 Å². The van der Waals surface area contributed by atoms with Crippen LogP contribution in [-0.4, -0.2) is 0 Å². The number of fused-ring (bicyclic) bond motifs is 9. The lowest BCUT2D eigenvalue weighted by atomic mass is 9.88. The molecular weight excluding hydrogens is 376 g/mol. The molecule has 0 saturated carbocycles. The topological polar surface area (TPSA) is 13.1 Å². The third-order valence-corrected chi connectivity index (χ3v) is 6.46. The lowest BCUT2D eigenvalue weighted by molar-refractivity contribution is 0.669. The molecule has 1 nitrogen and oxygen atoms in total. The molecule has 0 saturated heterocycles. The first-order chi connectivity index (χ1) is 15.4. The molecule has 7 rings (SSSR count). The first-order valence-electron chi connectivity index (χ1n) is 10.6. The van der Waals surface area contributed by atoms with Crippen molar-refractivity contribution in [3.63, 3.8) is 0 Å². The van der Waals surface area contributed by atoms with Crippen molar-refractivity contribution in [1.82, 2.24) is 0 Å². The van der Waals surface area contributed by atoms with E-state index >= 15 is 0 Å². The van der Waals surface area contributed by atoms with Gasteiger partial charge in [-0.05, 0) is 55.6 Å². The average molecular weight is 394 g/mol. The molecular formula is C30H18O. The highest BCUT2D eigenvalue weighted by Gasteiger charge is 2.16. The Kier molecular flexibility index (Phi) is 3.33. The van der Waals surface area contributed by atoms with E-state index in [0.717, 1.165) is 16.6 Å². The van der Waals surface area contributed by atoms with Gasteiger partial charge >= 0.3 is 0 Å². The number of hydrogen-bond acceptors (Lipinski definition) is 1. The second-order valence-corrected chi connectivity index (χ2v) is 8.10. The van der Waals surface area contributed by atoms with E-state index < -0.39 is 0 Å². The molecule has 0 spiro atoms. The van der Waals surface area contributed by atoms with Crippen LogP contribution in [0, 0.1) is 0 Å². The van der Waals surface area contributed by atoms with Crippen LogP contribution < -0.4 is 0 Å². The Morgan fingerprint density at radius 1 is 0.323 bits per heavy atom. The molecule has 0 aliphatic rings. The van der Waals surface area contributed by atoms with Crippen LogP contribution in [0.2, 0.25) is 0 Å². The van der Waals surface area contributed by atoms with Gasteiger partial charge in [-0.3, -0.25) is 0 Å². The van der Waals surface area contributed by atoms with Crippen LogP contribution in [0.5, 0.6) is 0 Å². The number of benzene rings is 6. The van der Waals surface area contributed by atoms with Gasteiger partial charge in [-0.1, -0.05) is 97.1 Å². The zero-order valence-electron chi connectivity index (χ0n) is 16.8. The SMILES string of the molecule is c1ccc2c(c1)oc1cccc(-c3cccc4c5ccccc5c5ccccc5c34)c12. The molecule has 1 heterocycles. The largest absolute Gasteiger partial charge is 0.456 e. The fourth-order valence-electron chi connectivity index (χ4n) is 5.18. The van der Waals surface area contributed by atoms with Crippen LogP contribution in [0.15, 0.2) is 114 Å². The minimum atomic E-state index is 0.931. The Hall–Kier alpha value is -4.10. The summed E-state index contributed by atoms with van der Waals surface area (Å²) in [5.74, 6) is 0. The van der Waals surface area contributed by atoms with E-state index in [2.05, 4.69) is 97.1 Å². The molecule has 7 aromatic rings. The van der Waals surface area contributed by atoms with Gasteiger partial charge in [-0.2, -0.15) is 0 Å². The summed E-state index contributed by atoms with van der Waals surface area (Å²) in [6.07, 6.45) is 0. The fraction of sp³-hybridized carbons (Fsp3) is 0. The highest BCUT2D eigenvalue weighted by atomic mass is 16.3. The summed E-state index contributed by atoms with van der Waals surface area (Å²) in [5, 5.41) is 10.1. The van der Waals surface area contributed by atoms with Crippen LogP contribution in [0.1, 0.15) is 0 Å². The number of furan rings is 1. The smallest absolute Gasteiger partial charge is 0.136 e. The van der Waals surface area contributed by atoms with E-state index in [4.69, 9.17) is 4.42 Å². The van der Waals surface area contributed by atoms with Crippen molar-refractivity contribution >= 4 is 54.3 Å². The molecule has 0 N–H and O–H groups in total. The molecule has 0 bridgehead atoms. The minimum absolute atomic E-state index is 0.931. The van der Waals surface area contributed by atoms with Crippen LogP contribution in [-0.2, 0) is 0 Å². The van der Waals surface area contributed by atoms with Crippen LogP contribution >= 0.6 is 0 Å². The first kappa shape index (κ1) is 16.7. The van der Waals surface area contributed by atoms with E-state index in [9.17, 15) is 0 Å². The summed E-state index contributed by atoms with van der Waals surface area (Å²) in [6, 6.07) is 38.9. The van der Waals surface area contributed by atoms with E-state index in [1.807, 2.05) is 12.1 Å². The number of para-hydroxylation sites is 1. The average Bonchev–Trinajstić information content (AvgIpc) is 3.23. The molecule has 31 heavy (non-hydrogen) atoms. The maximum atomic E-state index is 6.18. The predicted molar refractivity (Wildman–Crippen MR) is 132 cm³/mol. The predicted octanol–water partition coefficient (Wildman–Crippen LogP) is 8.71. The van der Waals surface area contributed by atoms with Crippen molar-refractivity contribution < 1.29 is 4.42 Å². The zero-order chi connectivity index (χ0) is 20.4. The maximum Gasteiger partial charge on any atom is 0.136 e. The van der Waals surface area contributed by atoms with Crippen molar-refractivity contribution in [2.75, 3.05) is 0 Å². The molecule has 144 valence electrons. The summed E-state index contributed by atoms with van der Waals surface area (Å²) in [6.45, 7) is 0. The van der Waals surface area contributed by atoms with E-state index in [-0.39, 0.29) is 0 Å². The summed E-state index contributed by atoms with van der Waals surface area (Å²) < 4.78 is 6.18. The number of hydrogen-bond donors (Lipinski definition) is 0. The fourth-order valence-corrected chi connectivity index (χ4v) is 5.18. The van der Waals surface area contributed by atoms with Gasteiger partial charge in [0.05, 0.1) is 0 Å². The third-order valence-electron chi connectivity index (χ3n) is 6.46. The standard InChI is InChI=1S/C30H18O/c1-2-10-21-19(9-1)20-11-3-4-12-22(20)29-23(21)14-7-15-24(29)25-16-8-18-28-30(25)26-13-5-6-17-27(26)31-28/h1-18H. The highest BCUT2D eigenvalue weighted by molar-refractivity contribution is 6.29. The van der Waals surface area contributed by atoms with Gasteiger partial charge in [-0.25, -0.2) is 0 Å². The lowest BCUT2D eigenvalue weighted by Crippen LogP contribution is -1.87. The monoisotopic (exact) mass is 394 g/mol. The summed E-state index contributed by atoms with van der Waals surface area (Å²) >= 11 is 0. The Labute approximate surface area is 179 Å². The summed E-state index contributed by atoms with van der Waals surface area (Å²) in [7, 11) is 0. The lowest BCUT2D eigenvalue weighted by Gasteiger charge is -2.14. The Morgan fingerprint density at radius 3 is 1.48 bits per heavy atom. The first-order valence-corrected chi connectivity index (χ1v) is 10.6. The Balaban J connectivity index is 1.74. The normalized spacial score (nSPS) is 11.9. The molecule has 0 aliphatic heterocycles. The Morgan fingerprint density at radius 2 is 0.774 bits per heavy atom. The van der Waals surface area contributed by atoms with Crippen LogP contribution in [0.3, 0.4) is 0 Å². The molecule has 6 aromatic carbocycles. The van der Waals surface area contributed by atoms with Crippen molar-refractivity contribution in [2.45, 2.75) is 0 Å². The van der Waals surface area contributed by atoms with E-state index in [1.165, 1.54) is 48.8 Å². The van der Waals surface area contributed by atoms with Gasteiger partial charge in [0, 0.05) is 10.8 Å². The molecule has 0 fully saturated rings. The van der Waals surface area contributed by atoms with Crippen LogP contribution in [0.25, 0.3) is 65.4 Å². The van der Waals surface area contributed by atoms with E-state index in [1.54, 1.807) is 0 Å². The van der Waals surface area contributed by atoms with Crippen molar-refractivity contribution in [2.24, 2.45) is 0 Å². The Bertz CT molecular complexity index is 1740. The van der Waals surface area contributed by atoms with Gasteiger partial charge in [0.1, 0.15) is 11.2 Å². The molecule has 0 unspecified atom stereocenters. The highest BCUT2D eigenvalue weighted by Crippen LogP contribution is 2.43. The quantitative estimate of drug-likeness (QED) is 0.254. The van der Waals surface area contributed by atoms with Gasteiger partial charge in [0.15, 0.2) is 0 Å². The van der Waals surface area contributed by atoms with Crippen molar-refractivity contribution in [3.05, 3.63) is 109 Å². The molecule has 0 amide bonds. The maximum absolute atomic E-state index is 6.18. The van der Waals surface area contributed by atoms with Gasteiger partial charge < -0.3 is 4.42 Å². The molecule has 1 aromatic heterocycles. The zero-order valence-corrected chi connectivity index (χ0v) is 16.8. The third kappa shape index (κ3) is 2.26. The molecule has 0 aliphatic carbocycles. The molecule has 1 heteroatoms. The second kappa shape index (κ2) is 6.20. The molecule has 0 atom stereocenters. The van der Waals surface area contributed by atoms with E-state index in [0.29, 0.717) is 0 Å². The van der Waals surface area contributed by atoms with Gasteiger partial charge in [0.25, 0.3) is 0 Å². The number of rotatable bonds is 1. The van der Waals surface area contributed by atoms with Crippen molar-refractivity contribution in [1.29, 1.82) is 0 Å². The summed E-state index contributed by atoms with van der Waals surface area (Å²) in [5.41, 5.74) is 4.33.